The van der Waals surface area contributed by atoms with Gasteiger partial charge in [-0.15, -0.1) is 0 Å². The largest absolute Gasteiger partial charge is 0.520 e. The highest BCUT2D eigenvalue weighted by atomic mass is 28.4. The van der Waals surface area contributed by atoms with Gasteiger partial charge in [-0.1, -0.05) is 45.4 Å². The predicted octanol–water partition coefficient (Wildman–Crippen LogP) is 5.47. The molecule has 0 saturated carbocycles. The standard InChI is InChI=1S/C15H32O2Si/c1-6-7-8-9-10-11-12-13-14-15(16-2)17-18(3,4)5/h14H,6-13H2,1-5H3/b15-14+. The lowest BCUT2D eigenvalue weighted by Crippen LogP contribution is -2.25. The number of hydrogen-bond donors (Lipinski definition) is 0. The Bertz CT molecular complexity index is 219. The molecule has 0 rings (SSSR count). The van der Waals surface area contributed by atoms with Gasteiger partial charge in [-0.2, -0.15) is 0 Å². The Morgan fingerprint density at radius 3 is 2.00 bits per heavy atom. The molecule has 3 heteroatoms. The SMILES string of the molecule is CCCCCCCCC/C=C(\OC)O[Si](C)(C)C. The van der Waals surface area contributed by atoms with Gasteiger partial charge >= 0.3 is 0 Å². The summed E-state index contributed by atoms with van der Waals surface area (Å²) < 4.78 is 11.1. The molecule has 0 saturated heterocycles. The van der Waals surface area contributed by atoms with Crippen LogP contribution >= 0.6 is 0 Å². The molecule has 0 atom stereocenters. The first kappa shape index (κ1) is 17.6. The third-order valence-corrected chi connectivity index (χ3v) is 3.54. The summed E-state index contributed by atoms with van der Waals surface area (Å²) in [6.07, 6.45) is 12.6. The highest BCUT2D eigenvalue weighted by Gasteiger charge is 2.17. The molecule has 0 amide bonds. The van der Waals surface area contributed by atoms with E-state index in [0.717, 1.165) is 12.4 Å². The Morgan fingerprint density at radius 1 is 0.944 bits per heavy atom. The predicted molar refractivity (Wildman–Crippen MR) is 82.1 cm³/mol. The van der Waals surface area contributed by atoms with Crippen molar-refractivity contribution in [3.63, 3.8) is 0 Å². The van der Waals surface area contributed by atoms with E-state index in [1.165, 1.54) is 44.9 Å². The number of hydrogen-bond acceptors (Lipinski definition) is 2. The Hall–Kier alpha value is -0.443. The second kappa shape index (κ2) is 10.5. The molecule has 0 aliphatic rings. The summed E-state index contributed by atoms with van der Waals surface area (Å²) in [5.74, 6) is 0.722. The van der Waals surface area contributed by atoms with Crippen molar-refractivity contribution in [2.24, 2.45) is 0 Å². The van der Waals surface area contributed by atoms with E-state index in [1.807, 2.05) is 0 Å². The molecule has 0 aliphatic heterocycles. The number of rotatable bonds is 11. The van der Waals surface area contributed by atoms with Crippen molar-refractivity contribution in [1.82, 2.24) is 0 Å². The fraction of sp³-hybridized carbons (Fsp3) is 0.867. The molecule has 0 aromatic heterocycles. The van der Waals surface area contributed by atoms with Gasteiger partial charge in [0.15, 0.2) is 0 Å². The topological polar surface area (TPSA) is 18.5 Å². The van der Waals surface area contributed by atoms with Crippen molar-refractivity contribution in [1.29, 1.82) is 0 Å². The molecule has 108 valence electrons. The quantitative estimate of drug-likeness (QED) is 0.282. The summed E-state index contributed by atoms with van der Waals surface area (Å²) in [5, 5.41) is 0. The second-order valence-corrected chi connectivity index (χ2v) is 10.3. The van der Waals surface area contributed by atoms with Gasteiger partial charge in [-0.25, -0.2) is 0 Å². The normalized spacial score (nSPS) is 12.6. The van der Waals surface area contributed by atoms with E-state index in [1.54, 1.807) is 7.11 Å². The first-order valence-corrected chi connectivity index (χ1v) is 10.8. The molecule has 0 aromatic rings. The first-order valence-electron chi connectivity index (χ1n) is 7.42. The van der Waals surface area contributed by atoms with E-state index in [9.17, 15) is 0 Å². The van der Waals surface area contributed by atoms with Gasteiger partial charge in [0.05, 0.1) is 7.11 Å². The van der Waals surface area contributed by atoms with E-state index in [4.69, 9.17) is 9.16 Å². The van der Waals surface area contributed by atoms with Crippen LogP contribution in [-0.2, 0) is 9.16 Å². The van der Waals surface area contributed by atoms with Crippen LogP contribution in [0.5, 0.6) is 0 Å². The average Bonchev–Trinajstić information content (AvgIpc) is 2.29. The van der Waals surface area contributed by atoms with Gasteiger partial charge < -0.3 is 9.16 Å². The maximum atomic E-state index is 5.82. The molecule has 18 heavy (non-hydrogen) atoms. The highest BCUT2D eigenvalue weighted by molar-refractivity contribution is 6.69. The maximum Gasteiger partial charge on any atom is 0.260 e. The molecule has 0 unspecified atom stereocenters. The molecule has 0 fully saturated rings. The van der Waals surface area contributed by atoms with Crippen LogP contribution < -0.4 is 0 Å². The van der Waals surface area contributed by atoms with Crippen LogP contribution in [-0.4, -0.2) is 15.4 Å². The Balaban J connectivity index is 3.59. The van der Waals surface area contributed by atoms with Crippen LogP contribution in [0.4, 0.5) is 0 Å². The van der Waals surface area contributed by atoms with Crippen LogP contribution in [0, 0.1) is 0 Å². The van der Waals surface area contributed by atoms with Crippen molar-refractivity contribution in [3.8, 4) is 0 Å². The lowest BCUT2D eigenvalue weighted by Gasteiger charge is -2.20. The van der Waals surface area contributed by atoms with Gasteiger partial charge in [0.1, 0.15) is 0 Å². The van der Waals surface area contributed by atoms with Gasteiger partial charge in [-0.05, 0) is 38.6 Å². The zero-order valence-electron chi connectivity index (χ0n) is 13.1. The monoisotopic (exact) mass is 272 g/mol. The Labute approximate surface area is 115 Å². The van der Waals surface area contributed by atoms with Gasteiger partial charge in [-0.3, -0.25) is 0 Å². The van der Waals surface area contributed by atoms with Crippen LogP contribution in [0.15, 0.2) is 12.0 Å². The van der Waals surface area contributed by atoms with Gasteiger partial charge in [0, 0.05) is 0 Å². The Morgan fingerprint density at radius 2 is 1.50 bits per heavy atom. The van der Waals surface area contributed by atoms with Crippen molar-refractivity contribution < 1.29 is 9.16 Å². The lowest BCUT2D eigenvalue weighted by atomic mass is 10.1. The highest BCUT2D eigenvalue weighted by Crippen LogP contribution is 2.13. The lowest BCUT2D eigenvalue weighted by molar-refractivity contribution is 0.145. The Kier molecular flexibility index (Phi) is 10.2. The summed E-state index contributed by atoms with van der Waals surface area (Å²) in [4.78, 5) is 0. The van der Waals surface area contributed by atoms with E-state index in [-0.39, 0.29) is 0 Å². The number of ether oxygens (including phenoxy) is 1. The smallest absolute Gasteiger partial charge is 0.260 e. The molecular formula is C15H32O2Si. The van der Waals surface area contributed by atoms with Crippen molar-refractivity contribution in [2.45, 2.75) is 77.9 Å². The third kappa shape index (κ3) is 12.0. The van der Waals surface area contributed by atoms with Gasteiger partial charge in [0.25, 0.3) is 5.95 Å². The van der Waals surface area contributed by atoms with Crippen LogP contribution in [0.2, 0.25) is 19.6 Å². The van der Waals surface area contributed by atoms with Crippen LogP contribution in [0.1, 0.15) is 58.3 Å². The molecule has 0 spiro atoms. The fourth-order valence-corrected chi connectivity index (χ4v) is 2.56. The third-order valence-electron chi connectivity index (χ3n) is 2.73. The molecule has 0 N–H and O–H groups in total. The fourth-order valence-electron chi connectivity index (χ4n) is 1.79. The zero-order chi connectivity index (χ0) is 13.9. The number of methoxy groups -OCH3 is 1. The first-order chi connectivity index (χ1) is 8.49. The van der Waals surface area contributed by atoms with E-state index < -0.39 is 8.32 Å². The van der Waals surface area contributed by atoms with E-state index in [2.05, 4.69) is 32.6 Å². The summed E-state index contributed by atoms with van der Waals surface area (Å²) in [7, 11) is 0.166. The minimum Gasteiger partial charge on any atom is -0.520 e. The number of unbranched alkanes of at least 4 members (excludes halogenated alkanes) is 7. The number of allylic oxidation sites excluding steroid dienone is 1. The van der Waals surface area contributed by atoms with E-state index >= 15 is 0 Å². The van der Waals surface area contributed by atoms with Crippen LogP contribution in [0.25, 0.3) is 0 Å². The molecule has 0 radical (unpaired) electrons. The molecule has 0 aliphatic carbocycles. The summed E-state index contributed by atoms with van der Waals surface area (Å²) in [6.45, 7) is 8.78. The minimum atomic E-state index is -1.52. The van der Waals surface area contributed by atoms with Crippen molar-refractivity contribution in [2.75, 3.05) is 7.11 Å². The average molecular weight is 273 g/mol. The summed E-state index contributed by atoms with van der Waals surface area (Å²) in [5.41, 5.74) is 0. The molecule has 0 heterocycles. The minimum absolute atomic E-state index is 0.722. The molecule has 2 nitrogen and oxygen atoms in total. The zero-order valence-corrected chi connectivity index (χ0v) is 14.1. The second-order valence-electron chi connectivity index (χ2n) is 5.85. The van der Waals surface area contributed by atoms with E-state index in [0.29, 0.717) is 0 Å². The summed E-state index contributed by atoms with van der Waals surface area (Å²) >= 11 is 0. The van der Waals surface area contributed by atoms with Crippen LogP contribution in [0.3, 0.4) is 0 Å². The summed E-state index contributed by atoms with van der Waals surface area (Å²) in [6, 6.07) is 0. The molecule has 0 aromatic carbocycles. The molecule has 0 bridgehead atoms. The van der Waals surface area contributed by atoms with Crippen molar-refractivity contribution in [3.05, 3.63) is 12.0 Å². The molecular weight excluding hydrogens is 240 g/mol. The van der Waals surface area contributed by atoms with Crippen molar-refractivity contribution >= 4 is 8.32 Å². The van der Waals surface area contributed by atoms with Gasteiger partial charge in [0.2, 0.25) is 8.32 Å². The maximum absolute atomic E-state index is 5.82.